The van der Waals surface area contributed by atoms with Crippen LogP contribution in [0.4, 0.5) is 0 Å². The van der Waals surface area contributed by atoms with Gasteiger partial charge in [0.2, 0.25) is 5.91 Å². The molecule has 1 amide bonds. The molecule has 0 fully saturated rings. The van der Waals surface area contributed by atoms with Crippen molar-refractivity contribution in [2.24, 2.45) is 0 Å². The zero-order chi connectivity index (χ0) is 17.8. The van der Waals surface area contributed by atoms with Crippen molar-refractivity contribution in [2.45, 2.75) is 31.6 Å². The molecule has 3 aromatic rings. The third-order valence-electron chi connectivity index (χ3n) is 4.02. The number of benzene rings is 2. The van der Waals surface area contributed by atoms with E-state index < -0.39 is 0 Å². The first kappa shape index (κ1) is 18.0. The summed E-state index contributed by atoms with van der Waals surface area (Å²) in [7, 11) is 0. The molecule has 0 aliphatic rings. The van der Waals surface area contributed by atoms with Crippen LogP contribution in [0.1, 0.15) is 25.5 Å². The minimum atomic E-state index is -0.0220. The number of carbonyl (C=O) groups is 1. The Kier molecular flexibility index (Phi) is 5.81. The molecule has 0 bridgehead atoms. The molecular weight excluding hydrogens is 398 g/mol. The van der Waals surface area contributed by atoms with Gasteiger partial charge in [-0.2, -0.15) is 0 Å². The van der Waals surface area contributed by atoms with Crippen LogP contribution in [0.3, 0.4) is 0 Å². The summed E-state index contributed by atoms with van der Waals surface area (Å²) in [6.45, 7) is 4.92. The van der Waals surface area contributed by atoms with Crippen LogP contribution in [0, 0.1) is 0 Å². The van der Waals surface area contributed by atoms with Gasteiger partial charge in [-0.25, -0.2) is 4.98 Å². The molecule has 0 saturated heterocycles. The van der Waals surface area contributed by atoms with Gasteiger partial charge in [0.05, 0.1) is 22.8 Å². The van der Waals surface area contributed by atoms with Gasteiger partial charge in [0.15, 0.2) is 5.16 Å². The molecule has 0 aliphatic heterocycles. The number of hydrogen-bond donors (Lipinski definition) is 1. The van der Waals surface area contributed by atoms with Gasteiger partial charge in [0, 0.05) is 11.0 Å². The summed E-state index contributed by atoms with van der Waals surface area (Å²) in [6, 6.07) is 16.0. The Morgan fingerprint density at radius 1 is 1.24 bits per heavy atom. The van der Waals surface area contributed by atoms with Crippen LogP contribution < -0.4 is 5.32 Å². The Labute approximate surface area is 160 Å². The predicted molar refractivity (Wildman–Crippen MR) is 107 cm³/mol. The van der Waals surface area contributed by atoms with Gasteiger partial charge < -0.3 is 9.88 Å². The first-order valence-electron chi connectivity index (χ1n) is 8.21. The summed E-state index contributed by atoms with van der Waals surface area (Å²) in [5, 5.41) is 3.93. The van der Waals surface area contributed by atoms with E-state index >= 15 is 0 Å². The minimum Gasteiger partial charge on any atom is -0.349 e. The number of hydrogen-bond acceptors (Lipinski definition) is 3. The van der Waals surface area contributed by atoms with E-state index in [4.69, 9.17) is 0 Å². The fraction of sp³-hybridized carbons (Fsp3) is 0.263. The Morgan fingerprint density at radius 2 is 1.96 bits per heavy atom. The van der Waals surface area contributed by atoms with Crippen LogP contribution >= 0.6 is 27.7 Å². The molecule has 2 aromatic carbocycles. The summed E-state index contributed by atoms with van der Waals surface area (Å²) in [5.74, 6) is 0.361. The highest BCUT2D eigenvalue weighted by Crippen LogP contribution is 2.24. The van der Waals surface area contributed by atoms with Crippen LogP contribution in [-0.4, -0.2) is 21.2 Å². The predicted octanol–water partition coefficient (Wildman–Crippen LogP) is 4.79. The maximum absolute atomic E-state index is 12.3. The summed E-state index contributed by atoms with van der Waals surface area (Å²) in [5.41, 5.74) is 3.16. The van der Waals surface area contributed by atoms with E-state index in [1.54, 1.807) is 0 Å². The van der Waals surface area contributed by atoms with Gasteiger partial charge in [0.25, 0.3) is 0 Å². The molecule has 0 aliphatic carbocycles. The maximum Gasteiger partial charge on any atom is 0.230 e. The molecule has 0 radical (unpaired) electrons. The van der Waals surface area contributed by atoms with E-state index in [1.165, 1.54) is 11.8 Å². The highest BCUT2D eigenvalue weighted by atomic mass is 79.9. The van der Waals surface area contributed by atoms with E-state index in [-0.39, 0.29) is 11.9 Å². The fourth-order valence-corrected chi connectivity index (χ4v) is 3.87. The van der Waals surface area contributed by atoms with Crippen molar-refractivity contribution in [1.29, 1.82) is 0 Å². The average Bonchev–Trinajstić information content (AvgIpc) is 2.98. The number of fused-ring (bicyclic) bond motifs is 1. The molecule has 130 valence electrons. The van der Waals surface area contributed by atoms with Crippen molar-refractivity contribution in [1.82, 2.24) is 14.9 Å². The van der Waals surface area contributed by atoms with Crippen molar-refractivity contribution >= 4 is 44.6 Å². The van der Waals surface area contributed by atoms with E-state index in [9.17, 15) is 4.79 Å². The van der Waals surface area contributed by atoms with Crippen molar-refractivity contribution in [3.63, 3.8) is 0 Å². The molecule has 1 N–H and O–H groups in total. The first-order valence-corrected chi connectivity index (χ1v) is 9.99. The zero-order valence-electron chi connectivity index (χ0n) is 14.2. The highest BCUT2D eigenvalue weighted by molar-refractivity contribution is 9.10. The normalized spacial score (nSPS) is 12.3. The molecule has 0 saturated carbocycles. The Bertz CT molecular complexity index is 876. The molecule has 3 rings (SSSR count). The lowest BCUT2D eigenvalue weighted by Crippen LogP contribution is -2.28. The van der Waals surface area contributed by atoms with Crippen molar-refractivity contribution in [3.05, 3.63) is 58.6 Å². The first-order chi connectivity index (χ1) is 12.1. The summed E-state index contributed by atoms with van der Waals surface area (Å²) < 4.78 is 3.18. The van der Waals surface area contributed by atoms with E-state index in [0.29, 0.717) is 5.75 Å². The van der Waals surface area contributed by atoms with Gasteiger partial charge in [0.1, 0.15) is 0 Å². The smallest absolute Gasteiger partial charge is 0.230 e. The van der Waals surface area contributed by atoms with Gasteiger partial charge in [-0.15, -0.1) is 0 Å². The lowest BCUT2D eigenvalue weighted by Gasteiger charge is -2.14. The van der Waals surface area contributed by atoms with Crippen molar-refractivity contribution in [3.8, 4) is 0 Å². The number of amides is 1. The topological polar surface area (TPSA) is 46.9 Å². The molecule has 1 heterocycles. The third kappa shape index (κ3) is 4.25. The molecule has 0 spiro atoms. The lowest BCUT2D eigenvalue weighted by atomic mass is 10.1. The van der Waals surface area contributed by atoms with Gasteiger partial charge >= 0.3 is 0 Å². The number of aryl methyl sites for hydroxylation is 1. The van der Waals surface area contributed by atoms with E-state index in [2.05, 4.69) is 43.8 Å². The SMILES string of the molecule is CCn1c(SCC(=O)NC(C)c2ccc(Br)cc2)nc2ccccc21. The van der Waals surface area contributed by atoms with Crippen LogP contribution in [-0.2, 0) is 11.3 Å². The number of carbonyl (C=O) groups excluding carboxylic acids is 1. The van der Waals surface area contributed by atoms with Gasteiger partial charge in [-0.05, 0) is 43.7 Å². The Hall–Kier alpha value is -1.79. The third-order valence-corrected chi connectivity index (χ3v) is 5.52. The molecular formula is C19H20BrN3OS. The number of thioether (sulfide) groups is 1. The second kappa shape index (κ2) is 8.06. The molecule has 1 atom stereocenters. The number of rotatable bonds is 6. The second-order valence-electron chi connectivity index (χ2n) is 5.76. The van der Waals surface area contributed by atoms with Crippen LogP contribution in [0.25, 0.3) is 11.0 Å². The monoisotopic (exact) mass is 417 g/mol. The molecule has 4 nitrogen and oxygen atoms in total. The second-order valence-corrected chi connectivity index (χ2v) is 7.61. The fourth-order valence-electron chi connectivity index (χ4n) is 2.72. The van der Waals surface area contributed by atoms with Gasteiger partial charge in [-0.1, -0.05) is 52.0 Å². The Balaban J connectivity index is 1.63. The number of para-hydroxylation sites is 2. The van der Waals surface area contributed by atoms with E-state index in [0.717, 1.165) is 32.8 Å². The zero-order valence-corrected chi connectivity index (χ0v) is 16.6. The standard InChI is InChI=1S/C19H20BrN3OS/c1-3-23-17-7-5-4-6-16(17)22-19(23)25-12-18(24)21-13(2)14-8-10-15(20)11-9-14/h4-11,13H,3,12H2,1-2H3,(H,21,24). The lowest BCUT2D eigenvalue weighted by molar-refractivity contribution is -0.119. The molecule has 25 heavy (non-hydrogen) atoms. The average molecular weight is 418 g/mol. The van der Waals surface area contributed by atoms with Crippen LogP contribution in [0.5, 0.6) is 0 Å². The maximum atomic E-state index is 12.3. The molecule has 1 unspecified atom stereocenters. The summed E-state index contributed by atoms with van der Waals surface area (Å²) in [4.78, 5) is 16.9. The number of imidazole rings is 1. The van der Waals surface area contributed by atoms with E-state index in [1.807, 2.05) is 49.4 Å². The van der Waals surface area contributed by atoms with Crippen LogP contribution in [0.15, 0.2) is 58.2 Å². The number of nitrogens with one attached hydrogen (secondary N) is 1. The van der Waals surface area contributed by atoms with Crippen molar-refractivity contribution < 1.29 is 4.79 Å². The number of halogens is 1. The Morgan fingerprint density at radius 3 is 2.68 bits per heavy atom. The van der Waals surface area contributed by atoms with Crippen LogP contribution in [0.2, 0.25) is 0 Å². The van der Waals surface area contributed by atoms with Crippen molar-refractivity contribution in [2.75, 3.05) is 5.75 Å². The largest absolute Gasteiger partial charge is 0.349 e. The number of aromatic nitrogens is 2. The quantitative estimate of drug-likeness (QED) is 0.586. The summed E-state index contributed by atoms with van der Waals surface area (Å²) >= 11 is 4.90. The summed E-state index contributed by atoms with van der Waals surface area (Å²) in [6.07, 6.45) is 0. The number of nitrogens with zero attached hydrogens (tertiary/aromatic N) is 2. The molecule has 6 heteroatoms. The minimum absolute atomic E-state index is 0.00938. The van der Waals surface area contributed by atoms with Gasteiger partial charge in [-0.3, -0.25) is 4.79 Å². The highest BCUT2D eigenvalue weighted by Gasteiger charge is 2.13. The molecule has 1 aromatic heterocycles.